The predicted molar refractivity (Wildman–Crippen MR) is 90.2 cm³/mol. The van der Waals surface area contributed by atoms with Crippen LogP contribution >= 0.6 is 0 Å². The summed E-state index contributed by atoms with van der Waals surface area (Å²) in [7, 11) is 0. The van der Waals surface area contributed by atoms with E-state index >= 15 is 0 Å². The molecule has 1 N–H and O–H groups in total. The Hall–Kier alpha value is -3.48. The highest BCUT2D eigenvalue weighted by molar-refractivity contribution is 6.21. The van der Waals surface area contributed by atoms with Crippen LogP contribution in [0.25, 0.3) is 0 Å². The minimum absolute atomic E-state index is 0.0129. The van der Waals surface area contributed by atoms with E-state index in [1.54, 1.807) is 48.5 Å². The Balaban J connectivity index is 1.56. The average molecular weight is 351 g/mol. The molecular formula is C19H15N2O5-. The molecular weight excluding hydrogens is 336 g/mol. The molecule has 0 bridgehead atoms. The summed E-state index contributed by atoms with van der Waals surface area (Å²) in [5.74, 6) is -2.33. The number of aliphatic carboxylic acids is 1. The maximum Gasteiger partial charge on any atom is 0.261 e. The fourth-order valence-electron chi connectivity index (χ4n) is 2.75. The Morgan fingerprint density at radius 1 is 0.923 bits per heavy atom. The number of carboxylic acids is 1. The highest BCUT2D eigenvalue weighted by atomic mass is 16.4. The number of nitrogens with zero attached hydrogens (tertiary/aromatic N) is 1. The number of carboxylic acid groups (broad SMARTS) is 1. The van der Waals surface area contributed by atoms with E-state index in [0.717, 1.165) is 4.90 Å². The zero-order valence-corrected chi connectivity index (χ0v) is 13.7. The molecule has 1 aliphatic heterocycles. The molecule has 0 saturated carbocycles. The summed E-state index contributed by atoms with van der Waals surface area (Å²) in [4.78, 5) is 48.1. The number of hydrogen-bond donors (Lipinski definition) is 1. The van der Waals surface area contributed by atoms with Gasteiger partial charge in [0, 0.05) is 31.0 Å². The van der Waals surface area contributed by atoms with Crippen molar-refractivity contribution in [3.63, 3.8) is 0 Å². The van der Waals surface area contributed by atoms with Crippen molar-refractivity contribution in [1.82, 2.24) is 4.90 Å². The third-order valence-corrected chi connectivity index (χ3v) is 4.03. The van der Waals surface area contributed by atoms with Gasteiger partial charge in [0.15, 0.2) is 0 Å². The molecule has 132 valence electrons. The minimum atomic E-state index is -1.18. The summed E-state index contributed by atoms with van der Waals surface area (Å²) in [5.41, 5.74) is 1.76. The van der Waals surface area contributed by atoms with E-state index in [9.17, 15) is 24.3 Å². The first-order valence-electron chi connectivity index (χ1n) is 7.99. The zero-order chi connectivity index (χ0) is 18.7. The van der Waals surface area contributed by atoms with Crippen LogP contribution in [0.1, 0.15) is 32.7 Å². The lowest BCUT2D eigenvalue weighted by Crippen LogP contribution is -2.32. The van der Waals surface area contributed by atoms with Crippen molar-refractivity contribution in [3.8, 4) is 0 Å². The molecule has 7 heteroatoms. The third-order valence-electron chi connectivity index (χ3n) is 4.03. The van der Waals surface area contributed by atoms with Gasteiger partial charge in [-0.05, 0) is 29.8 Å². The minimum Gasteiger partial charge on any atom is -0.550 e. The lowest BCUT2D eigenvalue weighted by atomic mass is 10.1. The molecule has 0 atom stereocenters. The van der Waals surface area contributed by atoms with Gasteiger partial charge in [0.05, 0.1) is 11.1 Å². The van der Waals surface area contributed by atoms with E-state index < -0.39 is 17.8 Å². The Morgan fingerprint density at radius 2 is 1.50 bits per heavy atom. The fourth-order valence-corrected chi connectivity index (χ4v) is 2.75. The number of anilines is 1. The molecule has 7 nitrogen and oxygen atoms in total. The van der Waals surface area contributed by atoms with Crippen molar-refractivity contribution >= 4 is 29.4 Å². The highest BCUT2D eigenvalue weighted by Gasteiger charge is 2.34. The third kappa shape index (κ3) is 3.61. The van der Waals surface area contributed by atoms with Crippen LogP contribution in [-0.4, -0.2) is 35.1 Å². The van der Waals surface area contributed by atoms with E-state index in [4.69, 9.17) is 0 Å². The van der Waals surface area contributed by atoms with Crippen LogP contribution in [-0.2, 0) is 16.0 Å². The van der Waals surface area contributed by atoms with Crippen LogP contribution in [0.4, 0.5) is 5.69 Å². The number of benzene rings is 2. The summed E-state index contributed by atoms with van der Waals surface area (Å²) in [6.45, 7) is -0.0129. The number of hydrogen-bond acceptors (Lipinski definition) is 5. The molecule has 0 unspecified atom stereocenters. The van der Waals surface area contributed by atoms with Gasteiger partial charge in [0.2, 0.25) is 5.91 Å². The van der Waals surface area contributed by atoms with Gasteiger partial charge < -0.3 is 15.2 Å². The van der Waals surface area contributed by atoms with Crippen molar-refractivity contribution in [2.75, 3.05) is 11.9 Å². The number of carbonyl (C=O) groups excluding carboxylic acids is 4. The van der Waals surface area contributed by atoms with Crippen molar-refractivity contribution in [1.29, 1.82) is 0 Å². The summed E-state index contributed by atoms with van der Waals surface area (Å²) < 4.78 is 0. The van der Waals surface area contributed by atoms with Gasteiger partial charge >= 0.3 is 0 Å². The van der Waals surface area contributed by atoms with Gasteiger partial charge in [-0.3, -0.25) is 19.3 Å². The SMILES string of the molecule is O=C([O-])Cc1ccc(NC(=O)CCN2C(=O)c3ccccc3C2=O)cc1. The molecule has 0 aliphatic carbocycles. The normalized spacial score (nSPS) is 12.8. The largest absolute Gasteiger partial charge is 0.550 e. The molecule has 0 radical (unpaired) electrons. The van der Waals surface area contributed by atoms with Crippen molar-refractivity contribution in [3.05, 3.63) is 65.2 Å². The monoisotopic (exact) mass is 351 g/mol. The Bertz CT molecular complexity index is 854. The van der Waals surface area contributed by atoms with Crippen LogP contribution in [0.5, 0.6) is 0 Å². The van der Waals surface area contributed by atoms with E-state index in [2.05, 4.69) is 5.32 Å². The second kappa shape index (κ2) is 7.18. The van der Waals surface area contributed by atoms with Gasteiger partial charge in [0.1, 0.15) is 0 Å². The standard InChI is InChI=1S/C19H16N2O5/c22-16(20-13-7-5-12(6-8-13)11-17(23)24)9-10-21-18(25)14-3-1-2-4-15(14)19(21)26/h1-8H,9-11H2,(H,20,22)(H,23,24)/p-1. The number of nitrogens with one attached hydrogen (secondary N) is 1. The van der Waals surface area contributed by atoms with E-state index in [1.807, 2.05) is 0 Å². The molecule has 3 rings (SSSR count). The number of rotatable bonds is 6. The second-order valence-electron chi connectivity index (χ2n) is 5.85. The Kier molecular flexibility index (Phi) is 4.79. The first-order chi connectivity index (χ1) is 12.5. The second-order valence-corrected chi connectivity index (χ2v) is 5.85. The Morgan fingerprint density at radius 3 is 2.04 bits per heavy atom. The highest BCUT2D eigenvalue weighted by Crippen LogP contribution is 2.22. The number of fused-ring (bicyclic) bond motifs is 1. The quantitative estimate of drug-likeness (QED) is 0.767. The van der Waals surface area contributed by atoms with Gasteiger partial charge in [-0.25, -0.2) is 0 Å². The molecule has 2 aromatic rings. The van der Waals surface area contributed by atoms with Crippen LogP contribution < -0.4 is 10.4 Å². The van der Waals surface area contributed by atoms with Crippen molar-refractivity contribution in [2.45, 2.75) is 12.8 Å². The van der Waals surface area contributed by atoms with E-state index in [-0.39, 0.29) is 25.3 Å². The van der Waals surface area contributed by atoms with Crippen LogP contribution in [0.2, 0.25) is 0 Å². The first kappa shape index (κ1) is 17.3. The average Bonchev–Trinajstić information content (AvgIpc) is 2.86. The first-order valence-corrected chi connectivity index (χ1v) is 7.99. The summed E-state index contributed by atoms with van der Waals surface area (Å²) in [6, 6.07) is 12.9. The van der Waals surface area contributed by atoms with Gasteiger partial charge in [-0.1, -0.05) is 24.3 Å². The summed E-state index contributed by atoms with van der Waals surface area (Å²) >= 11 is 0. The molecule has 0 aromatic heterocycles. The van der Waals surface area contributed by atoms with E-state index in [1.165, 1.54) is 0 Å². The van der Waals surface area contributed by atoms with Crippen LogP contribution in [0.3, 0.4) is 0 Å². The van der Waals surface area contributed by atoms with Crippen LogP contribution in [0, 0.1) is 0 Å². The molecule has 2 aromatic carbocycles. The number of amides is 3. The lowest BCUT2D eigenvalue weighted by molar-refractivity contribution is -0.304. The fraction of sp³-hybridized carbons (Fsp3) is 0.158. The number of imide groups is 1. The molecule has 1 aliphatic rings. The topological polar surface area (TPSA) is 107 Å². The molecule has 0 spiro atoms. The summed E-state index contributed by atoms with van der Waals surface area (Å²) in [5, 5.41) is 13.2. The molecule has 1 heterocycles. The number of carbonyl (C=O) groups is 4. The van der Waals surface area contributed by atoms with Gasteiger partial charge in [-0.15, -0.1) is 0 Å². The zero-order valence-electron chi connectivity index (χ0n) is 13.7. The van der Waals surface area contributed by atoms with Crippen molar-refractivity contribution < 1.29 is 24.3 Å². The van der Waals surface area contributed by atoms with Crippen molar-refractivity contribution in [2.24, 2.45) is 0 Å². The van der Waals surface area contributed by atoms with Gasteiger partial charge in [-0.2, -0.15) is 0 Å². The molecule has 0 fully saturated rings. The molecule has 3 amide bonds. The van der Waals surface area contributed by atoms with Gasteiger partial charge in [0.25, 0.3) is 11.8 Å². The molecule has 26 heavy (non-hydrogen) atoms. The van der Waals surface area contributed by atoms with Crippen LogP contribution in [0.15, 0.2) is 48.5 Å². The molecule has 0 saturated heterocycles. The smallest absolute Gasteiger partial charge is 0.261 e. The Labute approximate surface area is 149 Å². The lowest BCUT2D eigenvalue weighted by Gasteiger charge is -2.13. The maximum absolute atomic E-state index is 12.2. The predicted octanol–water partition coefficient (Wildman–Crippen LogP) is 0.604. The summed E-state index contributed by atoms with van der Waals surface area (Å²) in [6.07, 6.45) is -0.236. The van der Waals surface area contributed by atoms with E-state index in [0.29, 0.717) is 22.4 Å². The maximum atomic E-state index is 12.2.